The molecule has 1 nitrogen and oxygen atoms in total. The van der Waals surface area contributed by atoms with Gasteiger partial charge in [0.1, 0.15) is 0 Å². The van der Waals surface area contributed by atoms with Crippen LogP contribution in [0.3, 0.4) is 0 Å². The van der Waals surface area contributed by atoms with Crippen LogP contribution in [0.25, 0.3) is 0 Å². The van der Waals surface area contributed by atoms with Gasteiger partial charge < -0.3 is 0 Å². The van der Waals surface area contributed by atoms with Gasteiger partial charge in [-0.3, -0.25) is 4.79 Å². The molecule has 0 radical (unpaired) electrons. The highest BCUT2D eigenvalue weighted by molar-refractivity contribution is 6.87. The van der Waals surface area contributed by atoms with Gasteiger partial charge in [-0.25, -0.2) is 0 Å². The molecule has 13 heavy (non-hydrogen) atoms. The molecule has 0 spiro atoms. The molecule has 76 valence electrons. The Morgan fingerprint density at radius 2 is 1.85 bits per heavy atom. The van der Waals surface area contributed by atoms with Crippen LogP contribution in [-0.2, 0) is 4.79 Å². The fourth-order valence-electron chi connectivity index (χ4n) is 1.43. The van der Waals surface area contributed by atoms with Gasteiger partial charge in [0.2, 0.25) is 0 Å². The van der Waals surface area contributed by atoms with Crippen LogP contribution in [0.1, 0.15) is 33.1 Å². The average molecular weight is 198 g/mol. The van der Waals surface area contributed by atoms with Crippen LogP contribution in [0.5, 0.6) is 0 Å². The van der Waals surface area contributed by atoms with Crippen molar-refractivity contribution in [1.29, 1.82) is 0 Å². The van der Waals surface area contributed by atoms with Crippen LogP contribution in [0, 0.1) is 0 Å². The molecular formula is C11H22OSi. The quantitative estimate of drug-likeness (QED) is 0.375. The number of hydrogen-bond donors (Lipinski definition) is 0. The summed E-state index contributed by atoms with van der Waals surface area (Å²) in [6, 6.07) is 0. The molecule has 0 rings (SSSR count). The van der Waals surface area contributed by atoms with E-state index in [1.807, 2.05) is 0 Å². The van der Waals surface area contributed by atoms with Crippen LogP contribution in [0.4, 0.5) is 0 Å². The van der Waals surface area contributed by atoms with E-state index in [1.54, 1.807) is 6.92 Å². The number of ketones is 1. The minimum absolute atomic E-state index is 0.273. The molecule has 0 aliphatic carbocycles. The SMILES string of the molecule is CCCC/C=C(/C(C)=O)[Si](C)(C)C. The lowest BCUT2D eigenvalue weighted by molar-refractivity contribution is -0.113. The zero-order valence-electron chi connectivity index (χ0n) is 9.61. The molecule has 0 aromatic carbocycles. The monoisotopic (exact) mass is 198 g/mol. The van der Waals surface area contributed by atoms with E-state index in [2.05, 4.69) is 32.6 Å². The zero-order valence-corrected chi connectivity index (χ0v) is 10.6. The first-order chi connectivity index (χ1) is 5.89. The summed E-state index contributed by atoms with van der Waals surface area (Å²) in [4.78, 5) is 11.4. The smallest absolute Gasteiger partial charge is 0.151 e. The Balaban J connectivity index is 4.43. The van der Waals surface area contributed by atoms with Gasteiger partial charge in [0.25, 0.3) is 0 Å². The van der Waals surface area contributed by atoms with Gasteiger partial charge in [-0.2, -0.15) is 0 Å². The first-order valence-electron chi connectivity index (χ1n) is 5.11. The molecule has 0 aliphatic rings. The average Bonchev–Trinajstić information content (AvgIpc) is 1.94. The van der Waals surface area contributed by atoms with E-state index in [0.29, 0.717) is 0 Å². The molecule has 0 aliphatic heterocycles. The highest BCUT2D eigenvalue weighted by Gasteiger charge is 2.22. The highest BCUT2D eigenvalue weighted by Crippen LogP contribution is 2.16. The molecule has 0 saturated heterocycles. The maximum atomic E-state index is 11.4. The fraction of sp³-hybridized carbons (Fsp3) is 0.727. The Hall–Kier alpha value is -0.373. The van der Waals surface area contributed by atoms with E-state index in [1.165, 1.54) is 12.8 Å². The van der Waals surface area contributed by atoms with Gasteiger partial charge in [-0.05, 0) is 18.5 Å². The van der Waals surface area contributed by atoms with Crippen molar-refractivity contribution >= 4 is 13.9 Å². The second kappa shape index (κ2) is 5.38. The third kappa shape index (κ3) is 5.04. The van der Waals surface area contributed by atoms with Crippen molar-refractivity contribution in [2.45, 2.75) is 52.8 Å². The van der Waals surface area contributed by atoms with Gasteiger partial charge in [0, 0.05) is 0 Å². The fourth-order valence-corrected chi connectivity index (χ4v) is 3.24. The van der Waals surface area contributed by atoms with Crippen molar-refractivity contribution in [3.8, 4) is 0 Å². The molecule has 0 fully saturated rings. The Labute approximate surface area is 83.2 Å². The van der Waals surface area contributed by atoms with Crippen molar-refractivity contribution < 1.29 is 4.79 Å². The molecule has 0 aromatic heterocycles. The summed E-state index contributed by atoms with van der Waals surface area (Å²) in [6.45, 7) is 10.6. The number of allylic oxidation sites excluding steroid dienone is 2. The highest BCUT2D eigenvalue weighted by atomic mass is 28.3. The van der Waals surface area contributed by atoms with E-state index in [0.717, 1.165) is 11.6 Å². The standard InChI is InChI=1S/C11H22OSi/c1-6-7-8-9-11(10(2)12)13(3,4)5/h9H,6-8H2,1-5H3/b11-9-. The second-order valence-corrected chi connectivity index (χ2v) is 9.60. The molecule has 0 atom stereocenters. The number of carbonyl (C=O) groups is 1. The molecule has 0 amide bonds. The minimum atomic E-state index is -1.39. The molecule has 0 bridgehead atoms. The van der Waals surface area contributed by atoms with Gasteiger partial charge >= 0.3 is 0 Å². The van der Waals surface area contributed by atoms with Crippen LogP contribution >= 0.6 is 0 Å². The largest absolute Gasteiger partial charge is 0.295 e. The van der Waals surface area contributed by atoms with Crippen LogP contribution in [0.15, 0.2) is 11.3 Å². The number of rotatable bonds is 5. The predicted molar refractivity (Wildman–Crippen MR) is 61.6 cm³/mol. The lowest BCUT2D eigenvalue weighted by Crippen LogP contribution is -2.28. The van der Waals surface area contributed by atoms with Crippen LogP contribution in [-0.4, -0.2) is 13.9 Å². The van der Waals surface area contributed by atoms with Gasteiger partial charge in [-0.1, -0.05) is 45.5 Å². The van der Waals surface area contributed by atoms with E-state index >= 15 is 0 Å². The number of hydrogen-bond acceptors (Lipinski definition) is 1. The van der Waals surface area contributed by atoms with Crippen molar-refractivity contribution in [1.82, 2.24) is 0 Å². The third-order valence-corrected chi connectivity index (χ3v) is 4.27. The molecule has 0 unspecified atom stereocenters. The maximum absolute atomic E-state index is 11.4. The predicted octanol–water partition coefficient (Wildman–Crippen LogP) is 3.57. The van der Waals surface area contributed by atoms with Crippen molar-refractivity contribution in [2.24, 2.45) is 0 Å². The van der Waals surface area contributed by atoms with E-state index < -0.39 is 8.07 Å². The number of Topliss-reactive ketones (excluding diaryl/α,β-unsaturated/α-hetero) is 1. The topological polar surface area (TPSA) is 17.1 Å². The summed E-state index contributed by atoms with van der Waals surface area (Å²) in [6.07, 6.45) is 5.63. The van der Waals surface area contributed by atoms with Gasteiger partial charge in [-0.15, -0.1) is 0 Å². The third-order valence-electron chi connectivity index (χ3n) is 2.09. The lowest BCUT2D eigenvalue weighted by atomic mass is 10.2. The first kappa shape index (κ1) is 12.6. The summed E-state index contributed by atoms with van der Waals surface area (Å²) in [5.41, 5.74) is 0. The number of unbranched alkanes of at least 4 members (excludes halogenated alkanes) is 2. The van der Waals surface area contributed by atoms with Crippen molar-refractivity contribution in [3.05, 3.63) is 11.3 Å². The molecule has 0 aromatic rings. The van der Waals surface area contributed by atoms with Gasteiger partial charge in [0.15, 0.2) is 5.78 Å². The molecule has 0 N–H and O–H groups in total. The number of carbonyl (C=O) groups excluding carboxylic acids is 1. The summed E-state index contributed by atoms with van der Waals surface area (Å²) < 4.78 is 0. The second-order valence-electron chi connectivity index (χ2n) is 4.57. The zero-order chi connectivity index (χ0) is 10.5. The lowest BCUT2D eigenvalue weighted by Gasteiger charge is -2.18. The maximum Gasteiger partial charge on any atom is 0.151 e. The van der Waals surface area contributed by atoms with Gasteiger partial charge in [0.05, 0.1) is 8.07 Å². The summed E-state index contributed by atoms with van der Waals surface area (Å²) in [5, 5.41) is 1.11. The minimum Gasteiger partial charge on any atom is -0.295 e. The van der Waals surface area contributed by atoms with E-state index in [9.17, 15) is 4.79 Å². The summed E-state index contributed by atoms with van der Waals surface area (Å²) in [7, 11) is -1.39. The molecule has 2 heteroatoms. The molecule has 0 saturated carbocycles. The Morgan fingerprint density at radius 1 is 1.31 bits per heavy atom. The van der Waals surface area contributed by atoms with Crippen LogP contribution in [0.2, 0.25) is 19.6 Å². The van der Waals surface area contributed by atoms with Crippen LogP contribution < -0.4 is 0 Å². The Kier molecular flexibility index (Phi) is 5.22. The molecule has 0 heterocycles. The Bertz CT molecular complexity index is 199. The summed E-state index contributed by atoms with van der Waals surface area (Å²) in [5.74, 6) is 0.273. The normalized spacial score (nSPS) is 13.2. The van der Waals surface area contributed by atoms with Crippen molar-refractivity contribution in [2.75, 3.05) is 0 Å². The Morgan fingerprint density at radius 3 is 2.15 bits per heavy atom. The molecular weight excluding hydrogens is 176 g/mol. The first-order valence-corrected chi connectivity index (χ1v) is 8.61. The van der Waals surface area contributed by atoms with E-state index in [-0.39, 0.29) is 5.78 Å². The van der Waals surface area contributed by atoms with Crippen molar-refractivity contribution in [3.63, 3.8) is 0 Å². The van der Waals surface area contributed by atoms with E-state index in [4.69, 9.17) is 0 Å². The summed E-state index contributed by atoms with van der Waals surface area (Å²) >= 11 is 0.